The number of furan rings is 1. The molecule has 4 rings (SSSR count). The number of nitriles is 1. The maximum absolute atomic E-state index is 12.8. The highest BCUT2D eigenvalue weighted by Crippen LogP contribution is 2.38. The molecule has 5 nitrogen and oxygen atoms in total. The third-order valence-electron chi connectivity index (χ3n) is 4.75. The van der Waals surface area contributed by atoms with Gasteiger partial charge in [0.15, 0.2) is 6.61 Å². The Bertz CT molecular complexity index is 1070. The van der Waals surface area contributed by atoms with Gasteiger partial charge in [-0.1, -0.05) is 25.1 Å². The summed E-state index contributed by atoms with van der Waals surface area (Å²) in [5.41, 5.74) is 3.99. The van der Waals surface area contributed by atoms with E-state index in [1.165, 1.54) is 0 Å². The number of hydrogen-bond donors (Lipinski definition) is 0. The summed E-state index contributed by atoms with van der Waals surface area (Å²) in [7, 11) is 0. The highest BCUT2D eigenvalue weighted by molar-refractivity contribution is 6.06. The van der Waals surface area contributed by atoms with Gasteiger partial charge >= 0.3 is 5.97 Å². The molecular formula is C22H18N2O3. The van der Waals surface area contributed by atoms with E-state index in [0.717, 1.165) is 46.3 Å². The Morgan fingerprint density at radius 3 is 2.96 bits per heavy atom. The number of ether oxygens (including phenoxy) is 1. The van der Waals surface area contributed by atoms with Gasteiger partial charge < -0.3 is 9.15 Å². The SMILES string of the molecule is CC1C/C(=C\c2ccco2)c2nc3ccccc3c(C(=O)OCC#N)c2C1. The molecule has 0 saturated carbocycles. The molecule has 27 heavy (non-hydrogen) atoms. The van der Waals surface area contributed by atoms with Crippen molar-refractivity contribution >= 4 is 28.5 Å². The van der Waals surface area contributed by atoms with E-state index < -0.39 is 5.97 Å². The van der Waals surface area contributed by atoms with Crippen molar-refractivity contribution in [3.05, 3.63) is 65.2 Å². The minimum atomic E-state index is -0.474. The normalized spacial score (nSPS) is 17.5. The lowest BCUT2D eigenvalue weighted by Crippen LogP contribution is -2.19. The standard InChI is InChI=1S/C22H18N2O3/c1-14-11-15(13-16-5-4-9-26-16)21-18(12-14)20(22(25)27-10-8-23)17-6-2-3-7-19(17)24-21/h2-7,9,13-14H,10-12H2,1H3/b15-13+. The van der Waals surface area contributed by atoms with Crippen molar-refractivity contribution in [2.24, 2.45) is 5.92 Å². The Kier molecular flexibility index (Phi) is 4.47. The monoisotopic (exact) mass is 358 g/mol. The largest absolute Gasteiger partial charge is 0.465 e. The molecular weight excluding hydrogens is 340 g/mol. The van der Waals surface area contributed by atoms with Crippen LogP contribution in [0.4, 0.5) is 0 Å². The van der Waals surface area contributed by atoms with Gasteiger partial charge in [-0.05, 0) is 54.2 Å². The van der Waals surface area contributed by atoms with Crippen LogP contribution in [0.3, 0.4) is 0 Å². The number of hydrogen-bond acceptors (Lipinski definition) is 5. The number of para-hydroxylation sites is 1. The van der Waals surface area contributed by atoms with E-state index in [9.17, 15) is 4.79 Å². The zero-order valence-corrected chi connectivity index (χ0v) is 14.9. The predicted octanol–water partition coefficient (Wildman–Crippen LogP) is 4.63. The molecule has 2 heterocycles. The van der Waals surface area contributed by atoms with Crippen molar-refractivity contribution in [2.45, 2.75) is 19.8 Å². The molecule has 0 bridgehead atoms. The van der Waals surface area contributed by atoms with Crippen LogP contribution in [-0.2, 0) is 11.2 Å². The number of aromatic nitrogens is 1. The molecule has 1 atom stereocenters. The lowest BCUT2D eigenvalue weighted by molar-refractivity contribution is 0.0555. The molecule has 5 heteroatoms. The van der Waals surface area contributed by atoms with Crippen molar-refractivity contribution in [1.29, 1.82) is 5.26 Å². The summed E-state index contributed by atoms with van der Waals surface area (Å²) in [6.07, 6.45) is 5.21. The first-order valence-corrected chi connectivity index (χ1v) is 8.87. The molecule has 0 fully saturated rings. The van der Waals surface area contributed by atoms with E-state index in [1.807, 2.05) is 48.5 Å². The van der Waals surface area contributed by atoms with Crippen LogP contribution in [0.2, 0.25) is 0 Å². The molecule has 1 aliphatic rings. The van der Waals surface area contributed by atoms with Crippen molar-refractivity contribution in [3.63, 3.8) is 0 Å². The second-order valence-electron chi connectivity index (χ2n) is 6.76. The molecule has 1 unspecified atom stereocenters. The summed E-state index contributed by atoms with van der Waals surface area (Å²) in [5.74, 6) is 0.635. The maximum Gasteiger partial charge on any atom is 0.340 e. The van der Waals surface area contributed by atoms with Crippen LogP contribution >= 0.6 is 0 Å². The summed E-state index contributed by atoms with van der Waals surface area (Å²) in [6.45, 7) is 1.88. The molecule has 0 radical (unpaired) electrons. The Hall–Kier alpha value is -3.39. The lowest BCUT2D eigenvalue weighted by atomic mass is 9.81. The van der Waals surface area contributed by atoms with Gasteiger partial charge in [-0.3, -0.25) is 0 Å². The first-order valence-electron chi connectivity index (χ1n) is 8.87. The summed E-state index contributed by atoms with van der Waals surface area (Å²) in [5, 5.41) is 9.54. The first-order chi connectivity index (χ1) is 13.2. The van der Waals surface area contributed by atoms with Gasteiger partial charge in [0.05, 0.1) is 23.0 Å². The number of rotatable bonds is 3. The highest BCUT2D eigenvalue weighted by Gasteiger charge is 2.28. The molecule has 1 aromatic carbocycles. The van der Waals surface area contributed by atoms with E-state index in [2.05, 4.69) is 6.92 Å². The number of nitrogens with zero attached hydrogens (tertiary/aromatic N) is 2. The highest BCUT2D eigenvalue weighted by atomic mass is 16.5. The molecule has 0 aliphatic heterocycles. The first kappa shape index (κ1) is 17.0. The maximum atomic E-state index is 12.8. The van der Waals surface area contributed by atoms with E-state index in [0.29, 0.717) is 11.5 Å². The molecule has 0 amide bonds. The predicted molar refractivity (Wildman–Crippen MR) is 102 cm³/mol. The Balaban J connectivity index is 1.95. The average molecular weight is 358 g/mol. The van der Waals surface area contributed by atoms with Gasteiger partial charge in [0, 0.05) is 5.39 Å². The number of carbonyl (C=O) groups is 1. The van der Waals surface area contributed by atoms with E-state index >= 15 is 0 Å². The number of benzene rings is 1. The molecule has 2 aromatic heterocycles. The average Bonchev–Trinajstić information content (AvgIpc) is 3.17. The summed E-state index contributed by atoms with van der Waals surface area (Å²) < 4.78 is 10.6. The van der Waals surface area contributed by atoms with Crippen LogP contribution in [0, 0.1) is 17.2 Å². The van der Waals surface area contributed by atoms with Gasteiger partial charge in [-0.25, -0.2) is 9.78 Å². The smallest absolute Gasteiger partial charge is 0.340 e. The van der Waals surface area contributed by atoms with Crippen LogP contribution in [-0.4, -0.2) is 17.6 Å². The number of allylic oxidation sites excluding steroid dienone is 1. The Labute approximate surface area is 156 Å². The van der Waals surface area contributed by atoms with Crippen LogP contribution in [0.25, 0.3) is 22.6 Å². The molecule has 1 aliphatic carbocycles. The summed E-state index contributed by atoms with van der Waals surface area (Å²) in [6, 6.07) is 13.1. The van der Waals surface area contributed by atoms with E-state index in [4.69, 9.17) is 19.4 Å². The molecule has 0 spiro atoms. The fourth-order valence-electron chi connectivity index (χ4n) is 3.68. The molecule has 0 saturated heterocycles. The number of fused-ring (bicyclic) bond motifs is 2. The zero-order valence-electron chi connectivity index (χ0n) is 14.9. The Morgan fingerprint density at radius 1 is 1.33 bits per heavy atom. The minimum absolute atomic E-state index is 0.269. The number of carbonyl (C=O) groups excluding carboxylic acids is 1. The van der Waals surface area contributed by atoms with Gasteiger partial charge in [-0.15, -0.1) is 0 Å². The van der Waals surface area contributed by atoms with E-state index in [1.54, 1.807) is 6.26 Å². The van der Waals surface area contributed by atoms with Crippen molar-refractivity contribution in [2.75, 3.05) is 6.61 Å². The van der Waals surface area contributed by atoms with Gasteiger partial charge in [0.2, 0.25) is 0 Å². The van der Waals surface area contributed by atoms with Crippen LogP contribution in [0.1, 0.15) is 40.7 Å². The van der Waals surface area contributed by atoms with Gasteiger partial charge in [0.25, 0.3) is 0 Å². The van der Waals surface area contributed by atoms with Crippen LogP contribution in [0.5, 0.6) is 0 Å². The summed E-state index contributed by atoms with van der Waals surface area (Å²) in [4.78, 5) is 17.6. The van der Waals surface area contributed by atoms with Crippen molar-refractivity contribution in [1.82, 2.24) is 4.98 Å². The third-order valence-corrected chi connectivity index (χ3v) is 4.75. The molecule has 3 aromatic rings. The number of esters is 1. The van der Waals surface area contributed by atoms with Crippen LogP contribution < -0.4 is 0 Å². The second kappa shape index (κ2) is 7.08. The third kappa shape index (κ3) is 3.22. The van der Waals surface area contributed by atoms with Gasteiger partial charge in [0.1, 0.15) is 11.8 Å². The lowest BCUT2D eigenvalue weighted by Gasteiger charge is -2.26. The van der Waals surface area contributed by atoms with Crippen LogP contribution in [0.15, 0.2) is 47.1 Å². The summed E-state index contributed by atoms with van der Waals surface area (Å²) >= 11 is 0. The zero-order chi connectivity index (χ0) is 18.8. The fraction of sp³-hybridized carbons (Fsp3) is 0.227. The topological polar surface area (TPSA) is 76.1 Å². The Morgan fingerprint density at radius 2 is 2.19 bits per heavy atom. The number of pyridine rings is 1. The quantitative estimate of drug-likeness (QED) is 0.638. The second-order valence-corrected chi connectivity index (χ2v) is 6.76. The van der Waals surface area contributed by atoms with Gasteiger partial charge in [-0.2, -0.15) is 5.26 Å². The van der Waals surface area contributed by atoms with E-state index in [-0.39, 0.29) is 6.61 Å². The van der Waals surface area contributed by atoms with Crippen molar-refractivity contribution < 1.29 is 13.9 Å². The van der Waals surface area contributed by atoms with Crippen molar-refractivity contribution in [3.8, 4) is 6.07 Å². The minimum Gasteiger partial charge on any atom is -0.465 e. The fourth-order valence-corrected chi connectivity index (χ4v) is 3.68. The molecule has 134 valence electrons. The molecule has 0 N–H and O–H groups in total.